The largest absolute Gasteiger partial charge is 0.351 e. The number of aromatic nitrogens is 2. The standard InChI is InChI=1S/C12H20N4/c1-9-6-7-14-12(15-9)16-11-5-3-2-4-10(11)8-13/h6-7,10-11H,2-5,8,13H2,1H3,(H,14,15,16). The van der Waals surface area contributed by atoms with Crippen LogP contribution in [0, 0.1) is 12.8 Å². The second kappa shape index (κ2) is 5.25. The Labute approximate surface area is 96.7 Å². The molecule has 0 saturated heterocycles. The summed E-state index contributed by atoms with van der Waals surface area (Å²) in [5, 5.41) is 3.42. The Balaban J connectivity index is 2.02. The number of nitrogens with zero attached hydrogens (tertiary/aromatic N) is 2. The summed E-state index contributed by atoms with van der Waals surface area (Å²) in [5.41, 5.74) is 6.79. The van der Waals surface area contributed by atoms with E-state index in [0.717, 1.165) is 18.2 Å². The topological polar surface area (TPSA) is 63.8 Å². The van der Waals surface area contributed by atoms with E-state index in [0.29, 0.717) is 12.0 Å². The summed E-state index contributed by atoms with van der Waals surface area (Å²) in [7, 11) is 0. The van der Waals surface area contributed by atoms with Crippen LogP contribution in [-0.4, -0.2) is 22.6 Å². The lowest BCUT2D eigenvalue weighted by atomic mass is 9.84. The molecular formula is C12H20N4. The van der Waals surface area contributed by atoms with Gasteiger partial charge in [0.25, 0.3) is 0 Å². The van der Waals surface area contributed by atoms with E-state index in [1.807, 2.05) is 13.0 Å². The molecule has 1 aromatic heterocycles. The van der Waals surface area contributed by atoms with Crippen molar-refractivity contribution in [3.8, 4) is 0 Å². The molecular weight excluding hydrogens is 200 g/mol. The summed E-state index contributed by atoms with van der Waals surface area (Å²) in [6.07, 6.45) is 6.78. The minimum atomic E-state index is 0.445. The monoisotopic (exact) mass is 220 g/mol. The molecule has 2 unspecified atom stereocenters. The lowest BCUT2D eigenvalue weighted by Crippen LogP contribution is -2.37. The summed E-state index contributed by atoms with van der Waals surface area (Å²) in [6.45, 7) is 2.73. The number of hydrogen-bond donors (Lipinski definition) is 2. The Morgan fingerprint density at radius 1 is 1.44 bits per heavy atom. The van der Waals surface area contributed by atoms with Crippen molar-refractivity contribution >= 4 is 5.95 Å². The summed E-state index contributed by atoms with van der Waals surface area (Å²) in [5.74, 6) is 1.31. The average molecular weight is 220 g/mol. The number of aryl methyl sites for hydroxylation is 1. The predicted molar refractivity (Wildman–Crippen MR) is 65.2 cm³/mol. The smallest absolute Gasteiger partial charge is 0.223 e. The minimum absolute atomic E-state index is 0.445. The fraction of sp³-hybridized carbons (Fsp3) is 0.667. The Hall–Kier alpha value is -1.16. The number of nitrogens with one attached hydrogen (secondary N) is 1. The van der Waals surface area contributed by atoms with Crippen LogP contribution in [0.3, 0.4) is 0 Å². The number of anilines is 1. The first kappa shape index (κ1) is 11.3. The van der Waals surface area contributed by atoms with Crippen LogP contribution in [0.25, 0.3) is 0 Å². The van der Waals surface area contributed by atoms with Gasteiger partial charge in [-0.1, -0.05) is 12.8 Å². The van der Waals surface area contributed by atoms with Crippen molar-refractivity contribution in [1.82, 2.24) is 9.97 Å². The van der Waals surface area contributed by atoms with Gasteiger partial charge in [-0.15, -0.1) is 0 Å². The molecule has 1 saturated carbocycles. The van der Waals surface area contributed by atoms with E-state index in [1.165, 1.54) is 25.7 Å². The third kappa shape index (κ3) is 2.70. The highest BCUT2D eigenvalue weighted by atomic mass is 15.1. The van der Waals surface area contributed by atoms with Gasteiger partial charge >= 0.3 is 0 Å². The van der Waals surface area contributed by atoms with Crippen molar-refractivity contribution in [2.45, 2.75) is 38.6 Å². The van der Waals surface area contributed by atoms with Gasteiger partial charge in [-0.05, 0) is 38.3 Å². The molecule has 2 atom stereocenters. The molecule has 16 heavy (non-hydrogen) atoms. The van der Waals surface area contributed by atoms with E-state index in [4.69, 9.17) is 5.73 Å². The van der Waals surface area contributed by atoms with Gasteiger partial charge < -0.3 is 11.1 Å². The van der Waals surface area contributed by atoms with Crippen LogP contribution in [-0.2, 0) is 0 Å². The van der Waals surface area contributed by atoms with E-state index in [2.05, 4.69) is 15.3 Å². The molecule has 4 nitrogen and oxygen atoms in total. The van der Waals surface area contributed by atoms with E-state index < -0.39 is 0 Å². The zero-order chi connectivity index (χ0) is 11.4. The van der Waals surface area contributed by atoms with Crippen molar-refractivity contribution in [3.63, 3.8) is 0 Å². The maximum absolute atomic E-state index is 5.80. The van der Waals surface area contributed by atoms with Gasteiger partial charge in [0.1, 0.15) is 0 Å². The highest BCUT2D eigenvalue weighted by Crippen LogP contribution is 2.25. The Bertz CT molecular complexity index is 340. The minimum Gasteiger partial charge on any atom is -0.351 e. The Morgan fingerprint density at radius 2 is 2.25 bits per heavy atom. The van der Waals surface area contributed by atoms with Crippen LogP contribution >= 0.6 is 0 Å². The normalized spacial score (nSPS) is 25.4. The first-order valence-corrected chi connectivity index (χ1v) is 6.06. The van der Waals surface area contributed by atoms with Crippen LogP contribution in [0.1, 0.15) is 31.4 Å². The van der Waals surface area contributed by atoms with Crippen LogP contribution in [0.2, 0.25) is 0 Å². The zero-order valence-corrected chi connectivity index (χ0v) is 9.82. The summed E-state index contributed by atoms with van der Waals surface area (Å²) in [4.78, 5) is 8.61. The van der Waals surface area contributed by atoms with Crippen molar-refractivity contribution in [1.29, 1.82) is 0 Å². The molecule has 0 amide bonds. The number of nitrogens with two attached hydrogens (primary N) is 1. The quantitative estimate of drug-likeness (QED) is 0.814. The Morgan fingerprint density at radius 3 is 3.00 bits per heavy atom. The van der Waals surface area contributed by atoms with Crippen molar-refractivity contribution < 1.29 is 0 Å². The maximum Gasteiger partial charge on any atom is 0.223 e. The molecule has 3 N–H and O–H groups in total. The van der Waals surface area contributed by atoms with Crippen LogP contribution in [0.5, 0.6) is 0 Å². The van der Waals surface area contributed by atoms with Gasteiger partial charge in [-0.25, -0.2) is 9.97 Å². The van der Waals surface area contributed by atoms with Crippen molar-refractivity contribution in [3.05, 3.63) is 18.0 Å². The van der Waals surface area contributed by atoms with E-state index in [9.17, 15) is 0 Å². The summed E-state index contributed by atoms with van der Waals surface area (Å²) < 4.78 is 0. The van der Waals surface area contributed by atoms with Gasteiger partial charge in [0, 0.05) is 17.9 Å². The molecule has 2 rings (SSSR count). The van der Waals surface area contributed by atoms with Crippen LogP contribution in [0.15, 0.2) is 12.3 Å². The Kier molecular flexibility index (Phi) is 3.72. The van der Waals surface area contributed by atoms with Gasteiger partial charge in [0.2, 0.25) is 5.95 Å². The summed E-state index contributed by atoms with van der Waals surface area (Å²) in [6, 6.07) is 2.35. The van der Waals surface area contributed by atoms with E-state index in [-0.39, 0.29) is 0 Å². The van der Waals surface area contributed by atoms with Gasteiger partial charge in [0.05, 0.1) is 0 Å². The first-order valence-electron chi connectivity index (χ1n) is 6.06. The molecule has 1 aliphatic rings. The lowest BCUT2D eigenvalue weighted by molar-refractivity contribution is 0.331. The third-order valence-electron chi connectivity index (χ3n) is 3.32. The SMILES string of the molecule is Cc1ccnc(NC2CCCCC2CN)n1. The average Bonchev–Trinajstić information content (AvgIpc) is 2.30. The molecule has 88 valence electrons. The molecule has 0 radical (unpaired) electrons. The molecule has 1 fully saturated rings. The third-order valence-corrected chi connectivity index (χ3v) is 3.32. The maximum atomic E-state index is 5.80. The zero-order valence-electron chi connectivity index (χ0n) is 9.82. The second-order valence-electron chi connectivity index (χ2n) is 4.55. The molecule has 1 heterocycles. The van der Waals surface area contributed by atoms with Crippen molar-refractivity contribution in [2.24, 2.45) is 11.7 Å². The second-order valence-corrected chi connectivity index (χ2v) is 4.55. The van der Waals surface area contributed by atoms with Crippen LogP contribution < -0.4 is 11.1 Å². The van der Waals surface area contributed by atoms with Gasteiger partial charge in [0.15, 0.2) is 0 Å². The fourth-order valence-corrected chi connectivity index (χ4v) is 2.36. The fourth-order valence-electron chi connectivity index (χ4n) is 2.36. The van der Waals surface area contributed by atoms with Gasteiger partial charge in [-0.2, -0.15) is 0 Å². The highest BCUT2D eigenvalue weighted by Gasteiger charge is 2.24. The molecule has 0 aliphatic heterocycles. The molecule has 0 spiro atoms. The summed E-state index contributed by atoms with van der Waals surface area (Å²) >= 11 is 0. The van der Waals surface area contributed by atoms with Crippen molar-refractivity contribution in [2.75, 3.05) is 11.9 Å². The van der Waals surface area contributed by atoms with E-state index >= 15 is 0 Å². The predicted octanol–water partition coefficient (Wildman–Crippen LogP) is 1.71. The van der Waals surface area contributed by atoms with Gasteiger partial charge in [-0.3, -0.25) is 0 Å². The van der Waals surface area contributed by atoms with E-state index in [1.54, 1.807) is 6.20 Å². The lowest BCUT2D eigenvalue weighted by Gasteiger charge is -2.31. The highest BCUT2D eigenvalue weighted by molar-refractivity contribution is 5.27. The number of rotatable bonds is 3. The number of hydrogen-bond acceptors (Lipinski definition) is 4. The molecule has 4 heteroatoms. The molecule has 0 aromatic carbocycles. The molecule has 1 aliphatic carbocycles. The molecule has 0 bridgehead atoms. The first-order chi connectivity index (χ1) is 7.79. The molecule has 1 aromatic rings. The van der Waals surface area contributed by atoms with Crippen LogP contribution in [0.4, 0.5) is 5.95 Å².